The first-order valence-corrected chi connectivity index (χ1v) is 17.0. The number of hydrogen-bond donors (Lipinski definition) is 11. The normalized spacial score (nSPS) is 39.7. The van der Waals surface area contributed by atoms with E-state index < -0.39 is 123 Å². The van der Waals surface area contributed by atoms with E-state index >= 15 is 0 Å². The first-order valence-electron chi connectivity index (χ1n) is 17.0. The molecule has 1 unspecified atom stereocenters. The van der Waals surface area contributed by atoms with E-state index in [9.17, 15) is 61.0 Å². The number of aromatic hydroxyl groups is 2. The largest absolute Gasteiger partial charge is 0.507 e. The number of phenolic OH excluding ortho intramolecular Hbond substituents is 2. The van der Waals surface area contributed by atoms with Crippen LogP contribution in [-0.2, 0) is 23.7 Å². The molecule has 2 aromatic rings. The molecular weight excluding hydrogens is 728 g/mol. The number of carbonyl (C=O) groups is 1. The molecule has 54 heavy (non-hydrogen) atoms. The van der Waals surface area contributed by atoms with E-state index in [1.165, 1.54) is 32.2 Å². The number of aliphatic hydroxyl groups excluding tert-OH is 9. The van der Waals surface area contributed by atoms with Gasteiger partial charge in [0.05, 0.1) is 32.8 Å². The smallest absolute Gasteiger partial charge is 0.229 e. The van der Waals surface area contributed by atoms with Gasteiger partial charge in [0.15, 0.2) is 29.9 Å². The molecule has 4 heterocycles. The van der Waals surface area contributed by atoms with Crippen molar-refractivity contribution < 1.29 is 98.9 Å². The maximum Gasteiger partial charge on any atom is 0.229 e. The van der Waals surface area contributed by atoms with Gasteiger partial charge in [0, 0.05) is 12.1 Å². The second-order valence-corrected chi connectivity index (χ2v) is 13.4. The third kappa shape index (κ3) is 7.81. The highest BCUT2D eigenvalue weighted by molar-refractivity contribution is 6.02. The van der Waals surface area contributed by atoms with Crippen molar-refractivity contribution in [1.29, 1.82) is 0 Å². The number of methoxy groups -OCH3 is 1. The molecule has 4 aliphatic heterocycles. The molecule has 0 aromatic heterocycles. The first kappa shape index (κ1) is 40.2. The van der Waals surface area contributed by atoms with Gasteiger partial charge in [-0.15, -0.1) is 0 Å². The molecule has 3 saturated heterocycles. The summed E-state index contributed by atoms with van der Waals surface area (Å²) >= 11 is 0. The van der Waals surface area contributed by atoms with Crippen LogP contribution >= 0.6 is 0 Å². The summed E-state index contributed by atoms with van der Waals surface area (Å²) in [6.45, 7) is -0.0296. The topological polar surface area (TPSA) is 313 Å². The van der Waals surface area contributed by atoms with Gasteiger partial charge < -0.3 is 94.1 Å². The fraction of sp³-hybridized carbons (Fsp3) is 0.618. The summed E-state index contributed by atoms with van der Waals surface area (Å²) in [6, 6.07) is 6.71. The number of carbonyl (C=O) groups excluding carboxylic acids is 1. The minimum Gasteiger partial charge on any atom is -0.507 e. The lowest BCUT2D eigenvalue weighted by Crippen LogP contribution is -2.65. The summed E-state index contributed by atoms with van der Waals surface area (Å²) in [5.41, 5.74) is 0.261. The van der Waals surface area contributed by atoms with E-state index in [-0.39, 0.29) is 35.0 Å². The van der Waals surface area contributed by atoms with Crippen LogP contribution < -0.4 is 14.2 Å². The van der Waals surface area contributed by atoms with E-state index in [0.29, 0.717) is 5.56 Å². The summed E-state index contributed by atoms with van der Waals surface area (Å²) in [5.74, 6) is -1.36. The van der Waals surface area contributed by atoms with E-state index in [0.717, 1.165) is 6.07 Å². The monoisotopic (exact) mass is 772 g/mol. The molecule has 16 atom stereocenters. The molecule has 4 aliphatic rings. The van der Waals surface area contributed by atoms with Gasteiger partial charge in [-0.3, -0.25) is 4.79 Å². The van der Waals surface area contributed by atoms with E-state index in [1.54, 1.807) is 6.07 Å². The summed E-state index contributed by atoms with van der Waals surface area (Å²) in [4.78, 5) is 13.1. The molecule has 0 aliphatic carbocycles. The zero-order valence-electron chi connectivity index (χ0n) is 28.8. The molecule has 0 bridgehead atoms. The number of fused-ring (bicyclic) bond motifs is 1. The Hall–Kier alpha value is -3.45. The Kier molecular flexibility index (Phi) is 12.2. The van der Waals surface area contributed by atoms with Gasteiger partial charge in [0.25, 0.3) is 0 Å². The molecular formula is C34H44O20. The van der Waals surface area contributed by atoms with Crippen molar-refractivity contribution in [2.24, 2.45) is 0 Å². The van der Waals surface area contributed by atoms with Crippen LogP contribution in [0.1, 0.15) is 35.4 Å². The van der Waals surface area contributed by atoms with Crippen molar-refractivity contribution in [3.63, 3.8) is 0 Å². The number of phenols is 2. The third-order valence-electron chi connectivity index (χ3n) is 9.81. The third-order valence-corrected chi connectivity index (χ3v) is 9.81. The van der Waals surface area contributed by atoms with Crippen molar-refractivity contribution in [2.75, 3.05) is 20.3 Å². The van der Waals surface area contributed by atoms with Gasteiger partial charge in [0.1, 0.15) is 96.1 Å². The minimum absolute atomic E-state index is 0.116. The number of ketones is 1. The minimum atomic E-state index is -1.96. The summed E-state index contributed by atoms with van der Waals surface area (Å²) in [5, 5.41) is 115. The molecule has 0 radical (unpaired) electrons. The second-order valence-electron chi connectivity index (χ2n) is 13.4. The number of hydrogen-bond acceptors (Lipinski definition) is 20. The highest BCUT2D eigenvalue weighted by Gasteiger charge is 2.52. The van der Waals surface area contributed by atoms with Crippen molar-refractivity contribution >= 4 is 5.78 Å². The van der Waals surface area contributed by atoms with Crippen molar-refractivity contribution in [3.05, 3.63) is 41.5 Å². The van der Waals surface area contributed by atoms with Gasteiger partial charge in [-0.05, 0) is 24.6 Å². The molecule has 0 saturated carbocycles. The van der Waals surface area contributed by atoms with Crippen LogP contribution in [0.5, 0.6) is 28.7 Å². The molecule has 0 amide bonds. The Morgan fingerprint density at radius 1 is 0.741 bits per heavy atom. The Labute approximate surface area is 306 Å². The molecule has 0 spiro atoms. The molecule has 20 heteroatoms. The Morgan fingerprint density at radius 2 is 1.41 bits per heavy atom. The molecule has 3 fully saturated rings. The SMILES string of the molecule is COc1ccc(C2CC(=O)c3c(O)cc(O[C@@H]4O[C@H](CO[C@H]5O[C@@H](C)[C@@H](O)[C@@H](O)[C@H]5O)[C@@H](O[C@H]5O[C@H](CO)[C@@H](O)[C@H](O)[C@H]5O)[C@H](O)[C@H]4O)cc3O2)cc1O. The highest BCUT2D eigenvalue weighted by Crippen LogP contribution is 2.44. The Bertz CT molecular complexity index is 1620. The molecule has 2 aromatic carbocycles. The standard InChI is InChI=1S/C34H44O20/c1-11-23(39)25(41)28(44)32(49-11)48-10-21-31(54-34-29(45)26(42)24(40)20(9-35)52-34)27(43)30(46)33(53-21)50-13-6-15(37)22-16(38)8-18(51-19(22)7-13)12-3-4-17(47-2)14(36)5-12/h3-7,11,18,20-21,23-37,39-46H,8-10H2,1-2H3/t11-,18?,20+,21+,23+,24+,25+,26-,27+,28+,29+,30+,31+,32-,33+,34+/m0/s1. The second kappa shape index (κ2) is 16.3. The van der Waals surface area contributed by atoms with Crippen LogP contribution in [-0.4, -0.2) is 174 Å². The molecule has 300 valence electrons. The number of ether oxygens (including phenoxy) is 8. The van der Waals surface area contributed by atoms with E-state index in [1.807, 2.05) is 0 Å². The summed E-state index contributed by atoms with van der Waals surface area (Å²) < 4.78 is 45.1. The number of rotatable bonds is 10. The lowest BCUT2D eigenvalue weighted by Gasteiger charge is -2.46. The predicted molar refractivity (Wildman–Crippen MR) is 173 cm³/mol. The average molecular weight is 773 g/mol. The fourth-order valence-electron chi connectivity index (χ4n) is 6.69. The van der Waals surface area contributed by atoms with Gasteiger partial charge in [-0.2, -0.15) is 0 Å². The van der Waals surface area contributed by atoms with E-state index in [2.05, 4.69) is 0 Å². The first-order chi connectivity index (χ1) is 25.6. The van der Waals surface area contributed by atoms with Crippen molar-refractivity contribution in [3.8, 4) is 28.7 Å². The van der Waals surface area contributed by atoms with Crippen LogP contribution in [0.2, 0.25) is 0 Å². The van der Waals surface area contributed by atoms with Gasteiger partial charge in [-0.25, -0.2) is 0 Å². The van der Waals surface area contributed by atoms with Gasteiger partial charge in [-0.1, -0.05) is 6.07 Å². The van der Waals surface area contributed by atoms with Crippen LogP contribution in [0.15, 0.2) is 30.3 Å². The number of benzene rings is 2. The zero-order chi connectivity index (χ0) is 39.2. The lowest BCUT2D eigenvalue weighted by molar-refractivity contribution is -0.359. The predicted octanol–water partition coefficient (Wildman–Crippen LogP) is -3.33. The quantitative estimate of drug-likeness (QED) is 0.112. The van der Waals surface area contributed by atoms with Gasteiger partial charge >= 0.3 is 0 Å². The van der Waals surface area contributed by atoms with E-state index in [4.69, 9.17) is 37.9 Å². The highest BCUT2D eigenvalue weighted by atomic mass is 16.8. The Morgan fingerprint density at radius 3 is 2.09 bits per heavy atom. The van der Waals surface area contributed by atoms with Crippen molar-refractivity contribution in [2.45, 2.75) is 112 Å². The summed E-state index contributed by atoms with van der Waals surface area (Å²) in [7, 11) is 1.37. The van der Waals surface area contributed by atoms with Crippen molar-refractivity contribution in [1.82, 2.24) is 0 Å². The molecule has 6 rings (SSSR count). The number of Topliss-reactive ketones (excluding diaryl/α,β-unsaturated/α-hetero) is 1. The van der Waals surface area contributed by atoms with Gasteiger partial charge in [0.2, 0.25) is 6.29 Å². The fourth-order valence-corrected chi connectivity index (χ4v) is 6.69. The molecule has 20 nitrogen and oxygen atoms in total. The maximum atomic E-state index is 13.1. The maximum absolute atomic E-state index is 13.1. The summed E-state index contributed by atoms with van der Waals surface area (Å²) in [6.07, 6.45) is -26.1. The number of aliphatic hydroxyl groups is 9. The average Bonchev–Trinajstić information content (AvgIpc) is 3.14. The molecule has 11 N–H and O–H groups in total. The van der Waals surface area contributed by atoms with Crippen LogP contribution in [0.3, 0.4) is 0 Å². The zero-order valence-corrected chi connectivity index (χ0v) is 28.8. The Balaban J connectivity index is 1.24. The lowest BCUT2D eigenvalue weighted by atomic mass is 9.95. The van der Waals surface area contributed by atoms with Crippen LogP contribution in [0, 0.1) is 0 Å². The van der Waals surface area contributed by atoms with Crippen LogP contribution in [0.4, 0.5) is 0 Å². The van der Waals surface area contributed by atoms with Crippen LogP contribution in [0.25, 0.3) is 0 Å².